The van der Waals surface area contributed by atoms with E-state index in [0.717, 1.165) is 16.0 Å². The molecule has 0 spiro atoms. The molecule has 0 N–H and O–H groups in total. The fourth-order valence-electron chi connectivity index (χ4n) is 4.74. The normalized spacial score (nSPS) is 12.7. The number of rotatable bonds is 10. The summed E-state index contributed by atoms with van der Waals surface area (Å²) in [6.45, 7) is 17.4. The second kappa shape index (κ2) is 15.2. The lowest BCUT2D eigenvalue weighted by Crippen LogP contribution is -2.46. The molecule has 1 heterocycles. The Hall–Kier alpha value is -3.12. The van der Waals surface area contributed by atoms with Crippen LogP contribution in [-0.4, -0.2) is 64.6 Å². The second-order valence-electron chi connectivity index (χ2n) is 14.5. The minimum atomic E-state index is -4.16. The number of amides is 2. The standard InChI is InChI=1S/C35H47Cl2N3O7S/c1-23-16-17-24-14-13-15-27(30(24)38-23)45-22-25-26(36)18-19-28(29(25)37)48(43,44)40(33(2,3)4)21-12-11-20-39(31(41)46-34(5,6)7)32(42)47-35(8,9)10/h13-19H,11-12,20-22H2,1-10H3. The summed E-state index contributed by atoms with van der Waals surface area (Å²) < 4.78 is 46.7. The van der Waals surface area contributed by atoms with E-state index in [-0.39, 0.29) is 41.1 Å². The summed E-state index contributed by atoms with van der Waals surface area (Å²) in [5.41, 5.74) is -0.691. The highest BCUT2D eigenvalue weighted by molar-refractivity contribution is 7.89. The van der Waals surface area contributed by atoms with Gasteiger partial charge in [-0.15, -0.1) is 0 Å². The first-order valence-electron chi connectivity index (χ1n) is 15.7. The van der Waals surface area contributed by atoms with E-state index in [4.69, 9.17) is 37.4 Å². The molecular weight excluding hydrogens is 677 g/mol. The number of ether oxygens (including phenoxy) is 3. The second-order valence-corrected chi connectivity index (χ2v) is 17.1. The molecule has 0 bridgehead atoms. The Balaban J connectivity index is 1.83. The Bertz CT molecular complexity index is 1720. The third-order valence-electron chi connectivity index (χ3n) is 6.88. The van der Waals surface area contributed by atoms with E-state index in [1.54, 1.807) is 68.4 Å². The average molecular weight is 725 g/mol. The quantitative estimate of drug-likeness (QED) is 0.190. The van der Waals surface area contributed by atoms with Crippen LogP contribution < -0.4 is 4.74 Å². The molecule has 0 unspecified atom stereocenters. The molecule has 10 nitrogen and oxygen atoms in total. The van der Waals surface area contributed by atoms with E-state index in [1.807, 2.05) is 31.2 Å². The number of nitrogens with zero attached hydrogens (tertiary/aromatic N) is 3. The van der Waals surface area contributed by atoms with Crippen LogP contribution in [0, 0.1) is 6.92 Å². The van der Waals surface area contributed by atoms with Crippen molar-refractivity contribution in [2.24, 2.45) is 0 Å². The van der Waals surface area contributed by atoms with Gasteiger partial charge in [-0.05, 0) is 106 Å². The number of hydrogen-bond acceptors (Lipinski definition) is 8. The van der Waals surface area contributed by atoms with Crippen LogP contribution in [-0.2, 0) is 26.1 Å². The first-order valence-corrected chi connectivity index (χ1v) is 17.9. The van der Waals surface area contributed by atoms with Gasteiger partial charge in [-0.2, -0.15) is 4.31 Å². The summed E-state index contributed by atoms with van der Waals surface area (Å²) in [6, 6.07) is 12.3. The lowest BCUT2D eigenvalue weighted by Gasteiger charge is -2.35. The number of aromatic nitrogens is 1. The summed E-state index contributed by atoms with van der Waals surface area (Å²) >= 11 is 13.3. The van der Waals surface area contributed by atoms with Gasteiger partial charge in [0.1, 0.15) is 34.0 Å². The number of halogens is 2. The van der Waals surface area contributed by atoms with Crippen LogP contribution in [0.5, 0.6) is 5.75 Å². The van der Waals surface area contributed by atoms with Gasteiger partial charge in [0.15, 0.2) is 0 Å². The number of aryl methyl sites for hydroxylation is 1. The number of fused-ring (bicyclic) bond motifs is 1. The third kappa shape index (κ3) is 10.4. The molecule has 48 heavy (non-hydrogen) atoms. The van der Waals surface area contributed by atoms with E-state index in [2.05, 4.69) is 4.98 Å². The first kappa shape index (κ1) is 39.3. The van der Waals surface area contributed by atoms with Crippen molar-refractivity contribution in [3.05, 3.63) is 63.8 Å². The molecule has 0 saturated heterocycles. The van der Waals surface area contributed by atoms with Crippen molar-refractivity contribution in [2.45, 2.75) is 110 Å². The van der Waals surface area contributed by atoms with Crippen LogP contribution in [0.15, 0.2) is 47.4 Å². The fraction of sp³-hybridized carbons (Fsp3) is 0.514. The number of benzene rings is 2. The molecule has 1 aromatic heterocycles. The highest BCUT2D eigenvalue weighted by atomic mass is 35.5. The van der Waals surface area contributed by atoms with Crippen molar-refractivity contribution in [1.82, 2.24) is 14.2 Å². The number of para-hydroxylation sites is 1. The van der Waals surface area contributed by atoms with E-state index in [9.17, 15) is 18.0 Å². The fourth-order valence-corrected chi connectivity index (χ4v) is 7.43. The Morgan fingerprint density at radius 3 is 1.96 bits per heavy atom. The van der Waals surface area contributed by atoms with Crippen LogP contribution in [0.3, 0.4) is 0 Å². The van der Waals surface area contributed by atoms with Crippen LogP contribution in [0.1, 0.15) is 86.4 Å². The molecule has 3 rings (SSSR count). The molecule has 0 aliphatic heterocycles. The van der Waals surface area contributed by atoms with Gasteiger partial charge < -0.3 is 14.2 Å². The number of imide groups is 1. The molecular formula is C35H47Cl2N3O7S. The number of unbranched alkanes of at least 4 members (excludes halogenated alkanes) is 1. The van der Waals surface area contributed by atoms with Crippen molar-refractivity contribution < 1.29 is 32.2 Å². The zero-order chi connectivity index (χ0) is 36.2. The van der Waals surface area contributed by atoms with E-state index < -0.39 is 39.0 Å². The SMILES string of the molecule is Cc1ccc2cccc(OCc3c(Cl)ccc(S(=O)(=O)N(CCCCN(C(=O)OC(C)(C)C)C(=O)OC(C)(C)C)C(C)(C)C)c3Cl)c2n1. The van der Waals surface area contributed by atoms with E-state index in [1.165, 1.54) is 16.4 Å². The predicted octanol–water partition coefficient (Wildman–Crippen LogP) is 9.17. The monoisotopic (exact) mass is 723 g/mol. The van der Waals surface area contributed by atoms with Crippen LogP contribution in [0.25, 0.3) is 10.9 Å². The molecule has 0 aliphatic rings. The van der Waals surface area contributed by atoms with Crippen LogP contribution in [0.2, 0.25) is 10.0 Å². The smallest absolute Gasteiger partial charge is 0.419 e. The van der Waals surface area contributed by atoms with Crippen molar-refractivity contribution >= 4 is 56.3 Å². The predicted molar refractivity (Wildman–Crippen MR) is 189 cm³/mol. The summed E-state index contributed by atoms with van der Waals surface area (Å²) in [5, 5.41) is 1.12. The number of pyridine rings is 1. The van der Waals surface area contributed by atoms with Gasteiger partial charge in [-0.1, -0.05) is 41.4 Å². The van der Waals surface area contributed by atoms with Crippen molar-refractivity contribution in [3.63, 3.8) is 0 Å². The molecule has 2 amide bonds. The molecule has 0 atom stereocenters. The third-order valence-corrected chi connectivity index (χ3v) is 9.99. The van der Waals surface area contributed by atoms with Gasteiger partial charge in [0, 0.05) is 40.3 Å². The maximum atomic E-state index is 14.2. The summed E-state index contributed by atoms with van der Waals surface area (Å²) in [5.74, 6) is 0.514. The summed E-state index contributed by atoms with van der Waals surface area (Å²) in [6.07, 6.45) is -1.08. The summed E-state index contributed by atoms with van der Waals surface area (Å²) in [7, 11) is -4.16. The largest absolute Gasteiger partial charge is 0.487 e. The Morgan fingerprint density at radius 2 is 1.40 bits per heavy atom. The zero-order valence-electron chi connectivity index (χ0n) is 29.4. The number of sulfonamides is 1. The molecule has 13 heteroatoms. The lowest BCUT2D eigenvalue weighted by molar-refractivity contribution is 0.00105. The molecule has 264 valence electrons. The van der Waals surface area contributed by atoms with Crippen molar-refractivity contribution in [3.8, 4) is 5.75 Å². The van der Waals surface area contributed by atoms with E-state index in [0.29, 0.717) is 23.3 Å². The molecule has 0 fully saturated rings. The van der Waals surface area contributed by atoms with Gasteiger partial charge in [-0.3, -0.25) is 0 Å². The number of hydrogen-bond donors (Lipinski definition) is 0. The van der Waals surface area contributed by atoms with Gasteiger partial charge in [0.2, 0.25) is 10.0 Å². The highest BCUT2D eigenvalue weighted by Crippen LogP contribution is 2.36. The van der Waals surface area contributed by atoms with Crippen LogP contribution >= 0.6 is 23.2 Å². The molecule has 0 saturated carbocycles. The van der Waals surface area contributed by atoms with Gasteiger partial charge in [0.05, 0.1) is 5.02 Å². The minimum Gasteiger partial charge on any atom is -0.487 e. The van der Waals surface area contributed by atoms with Gasteiger partial charge in [-0.25, -0.2) is 27.9 Å². The zero-order valence-corrected chi connectivity index (χ0v) is 31.8. The van der Waals surface area contributed by atoms with Gasteiger partial charge in [0.25, 0.3) is 0 Å². The topological polar surface area (TPSA) is 115 Å². The Morgan fingerprint density at radius 1 is 0.812 bits per heavy atom. The molecule has 2 aromatic carbocycles. The average Bonchev–Trinajstić information content (AvgIpc) is 2.91. The number of carbonyl (C=O) groups excluding carboxylic acids is 2. The maximum absolute atomic E-state index is 14.2. The minimum absolute atomic E-state index is 0.0341. The van der Waals surface area contributed by atoms with Crippen molar-refractivity contribution in [2.75, 3.05) is 13.1 Å². The maximum Gasteiger partial charge on any atom is 0.419 e. The van der Waals surface area contributed by atoms with Crippen molar-refractivity contribution in [1.29, 1.82) is 0 Å². The molecule has 0 aliphatic carbocycles. The highest BCUT2D eigenvalue weighted by Gasteiger charge is 2.36. The summed E-state index contributed by atoms with van der Waals surface area (Å²) in [4.78, 5) is 31.2. The Labute approximate surface area is 294 Å². The van der Waals surface area contributed by atoms with Gasteiger partial charge >= 0.3 is 12.2 Å². The first-order chi connectivity index (χ1) is 22.0. The lowest BCUT2D eigenvalue weighted by atomic mass is 10.1. The van der Waals surface area contributed by atoms with Crippen LogP contribution in [0.4, 0.5) is 9.59 Å². The molecule has 0 radical (unpaired) electrons. The Kier molecular flexibility index (Phi) is 12.4. The number of carbonyl (C=O) groups is 2. The van der Waals surface area contributed by atoms with E-state index >= 15 is 0 Å². The molecule has 3 aromatic rings.